The molecule has 112 valence electrons. The molecule has 21 heavy (non-hydrogen) atoms. The smallest absolute Gasteiger partial charge is 0.480 e. The van der Waals surface area contributed by atoms with E-state index < -0.39 is 23.7 Å². The minimum absolute atomic E-state index is 0.592. The molecule has 1 aromatic rings. The number of benzene rings is 1. The molecular formula is C15H19N2O4+. The van der Waals surface area contributed by atoms with Crippen molar-refractivity contribution in [2.24, 2.45) is 0 Å². The number of carbonyl (C=O) groups is 2. The first kappa shape index (κ1) is 16.5. The number of aliphatic carboxylic acids is 1. The van der Waals surface area contributed by atoms with Crippen molar-refractivity contribution in [3.05, 3.63) is 34.7 Å². The molecule has 0 aliphatic carbocycles. The van der Waals surface area contributed by atoms with Gasteiger partial charge in [0.05, 0.1) is 4.85 Å². The van der Waals surface area contributed by atoms with E-state index in [4.69, 9.17) is 9.84 Å². The maximum absolute atomic E-state index is 11.4. The van der Waals surface area contributed by atoms with Gasteiger partial charge in [-0.05, 0) is 52.0 Å². The molecule has 0 bridgehead atoms. The van der Waals surface area contributed by atoms with Gasteiger partial charge in [-0.25, -0.2) is 0 Å². The maximum Gasteiger partial charge on any atom is 0.728 e. The summed E-state index contributed by atoms with van der Waals surface area (Å²) in [7, 11) is 0. The lowest BCUT2D eigenvalue weighted by atomic mass is 10.2. The van der Waals surface area contributed by atoms with E-state index in [2.05, 4.69) is 16.2 Å². The molecule has 0 spiro atoms. The second-order valence-corrected chi connectivity index (χ2v) is 5.49. The quantitative estimate of drug-likeness (QED) is 0.894. The number of rotatable bonds is 3. The summed E-state index contributed by atoms with van der Waals surface area (Å²) in [5, 5.41) is 11.6. The maximum atomic E-state index is 11.4. The fraction of sp³-hybridized carbons (Fsp3) is 0.400. The van der Waals surface area contributed by atoms with Gasteiger partial charge < -0.3 is 15.2 Å². The molecule has 0 heterocycles. The number of hydrogen-bond acceptors (Lipinski definition) is 4. The van der Waals surface area contributed by atoms with Crippen molar-refractivity contribution in [3.63, 3.8) is 0 Å². The zero-order chi connectivity index (χ0) is 16.0. The monoisotopic (exact) mass is 291 g/mol. The molecule has 0 aromatic heterocycles. The number of nitrogens with one attached hydrogen (secondary N) is 1. The van der Waals surface area contributed by atoms with Crippen molar-refractivity contribution in [1.29, 1.82) is 0 Å². The van der Waals surface area contributed by atoms with Gasteiger partial charge in [0, 0.05) is 5.69 Å². The highest BCUT2D eigenvalue weighted by Gasteiger charge is 2.23. The number of anilines is 1. The first-order chi connectivity index (χ1) is 9.67. The van der Waals surface area contributed by atoms with Crippen LogP contribution in [0.3, 0.4) is 0 Å². The molecule has 1 amide bonds. The molecule has 0 radical (unpaired) electrons. The Labute approximate surface area is 123 Å². The van der Waals surface area contributed by atoms with E-state index in [1.165, 1.54) is 0 Å². The summed E-state index contributed by atoms with van der Waals surface area (Å²) >= 11 is 0. The second-order valence-electron chi connectivity index (χ2n) is 5.49. The first-order valence-electron chi connectivity index (χ1n) is 6.46. The van der Waals surface area contributed by atoms with Gasteiger partial charge in [0.25, 0.3) is 0 Å². The van der Waals surface area contributed by atoms with E-state index in [1.807, 2.05) is 0 Å². The third kappa shape index (κ3) is 6.43. The van der Waals surface area contributed by atoms with Crippen LogP contribution in [0.1, 0.15) is 33.3 Å². The van der Waals surface area contributed by atoms with E-state index >= 15 is 0 Å². The SMILES string of the molecule is C[C@H](Nc1ccc(C#[N+]C(=O)OC(C)(C)C)cc1)C(=O)O. The van der Waals surface area contributed by atoms with E-state index in [0.717, 1.165) is 0 Å². The lowest BCUT2D eigenvalue weighted by molar-refractivity contribution is -0.137. The number of carbonyl (C=O) groups excluding carboxylic acids is 1. The Morgan fingerprint density at radius 1 is 1.29 bits per heavy atom. The number of amides is 1. The minimum atomic E-state index is -0.933. The van der Waals surface area contributed by atoms with Crippen LogP contribution in [0.15, 0.2) is 24.3 Å². The standard InChI is InChI=1S/C15H18N2O4/c1-10(13(18)19)17-12-7-5-11(6-8-12)9-16-14(20)21-15(2,3)4/h5-8,10H,1-4H3,(H,18,19)/p+1/t10-/m0/s1. The largest absolute Gasteiger partial charge is 0.728 e. The van der Waals surface area contributed by atoms with E-state index in [9.17, 15) is 9.59 Å². The highest BCUT2D eigenvalue weighted by atomic mass is 16.6. The van der Waals surface area contributed by atoms with Gasteiger partial charge in [-0.3, -0.25) is 4.79 Å². The van der Waals surface area contributed by atoms with Crippen LogP contribution < -0.4 is 5.32 Å². The Morgan fingerprint density at radius 2 is 1.86 bits per heavy atom. The normalized spacial score (nSPS) is 11.8. The zero-order valence-electron chi connectivity index (χ0n) is 12.5. The van der Waals surface area contributed by atoms with Gasteiger partial charge in [0.15, 0.2) is 0 Å². The predicted octanol–water partition coefficient (Wildman–Crippen LogP) is 3.19. The number of hydrogen-bond donors (Lipinski definition) is 2. The van der Waals surface area contributed by atoms with Crippen molar-refractivity contribution < 1.29 is 19.4 Å². The van der Waals surface area contributed by atoms with E-state index in [0.29, 0.717) is 11.3 Å². The van der Waals surface area contributed by atoms with Crippen LogP contribution in [-0.2, 0) is 9.53 Å². The van der Waals surface area contributed by atoms with Crippen molar-refractivity contribution in [2.75, 3.05) is 5.32 Å². The molecular weight excluding hydrogens is 272 g/mol. The highest BCUT2D eigenvalue weighted by Crippen LogP contribution is 2.11. The summed E-state index contributed by atoms with van der Waals surface area (Å²) in [6, 6.07) is 8.61. The fourth-order valence-electron chi connectivity index (χ4n) is 1.35. The Balaban J connectivity index is 2.67. The lowest BCUT2D eigenvalue weighted by Crippen LogP contribution is -2.25. The van der Waals surface area contributed by atoms with Crippen LogP contribution in [0.2, 0.25) is 0 Å². The van der Waals surface area contributed by atoms with Gasteiger partial charge in [-0.2, -0.15) is 4.79 Å². The van der Waals surface area contributed by atoms with Crippen LogP contribution in [0.4, 0.5) is 10.5 Å². The van der Waals surface area contributed by atoms with Gasteiger partial charge in [0.1, 0.15) is 17.2 Å². The number of carboxylic acid groups (broad SMARTS) is 1. The lowest BCUT2D eigenvalue weighted by Gasteiger charge is -2.12. The molecule has 6 heteroatoms. The second kappa shape index (κ2) is 6.75. The van der Waals surface area contributed by atoms with Crippen LogP contribution in [-0.4, -0.2) is 28.8 Å². The summed E-state index contributed by atoms with van der Waals surface area (Å²) < 4.78 is 5.02. The zero-order valence-corrected chi connectivity index (χ0v) is 12.5. The van der Waals surface area contributed by atoms with Crippen molar-refractivity contribution in [3.8, 4) is 6.07 Å². The summed E-state index contributed by atoms with van der Waals surface area (Å²) in [5.41, 5.74) is 0.658. The molecule has 1 rings (SSSR count). The topological polar surface area (TPSA) is 80.0 Å². The average molecular weight is 291 g/mol. The number of ether oxygens (including phenoxy) is 1. The third-order valence-electron chi connectivity index (χ3n) is 2.31. The van der Waals surface area contributed by atoms with Gasteiger partial charge >= 0.3 is 18.1 Å². The van der Waals surface area contributed by atoms with Crippen LogP contribution in [0.25, 0.3) is 4.85 Å². The van der Waals surface area contributed by atoms with Crippen molar-refractivity contribution in [2.45, 2.75) is 39.3 Å². The van der Waals surface area contributed by atoms with Crippen LogP contribution >= 0.6 is 0 Å². The number of nitrogens with zero attached hydrogens (tertiary/aromatic N) is 1. The van der Waals surface area contributed by atoms with E-state index in [-0.39, 0.29) is 0 Å². The van der Waals surface area contributed by atoms with E-state index in [1.54, 1.807) is 52.0 Å². The summed E-state index contributed by atoms with van der Waals surface area (Å²) in [5.74, 6) is -0.933. The van der Waals surface area contributed by atoms with Crippen molar-refractivity contribution >= 4 is 17.7 Å². The Kier molecular flexibility index (Phi) is 5.30. The molecule has 1 aromatic carbocycles. The summed E-state index contributed by atoms with van der Waals surface area (Å²) in [4.78, 5) is 25.7. The molecule has 0 saturated heterocycles. The van der Waals surface area contributed by atoms with Crippen LogP contribution in [0, 0.1) is 6.07 Å². The Hall–Kier alpha value is -2.55. The molecule has 1 atom stereocenters. The molecule has 0 saturated carbocycles. The van der Waals surface area contributed by atoms with Gasteiger partial charge in [0.2, 0.25) is 0 Å². The molecule has 0 aliphatic rings. The van der Waals surface area contributed by atoms with Crippen LogP contribution in [0.5, 0.6) is 0 Å². The van der Waals surface area contributed by atoms with Crippen molar-refractivity contribution in [1.82, 2.24) is 0 Å². The minimum Gasteiger partial charge on any atom is -0.480 e. The summed E-state index contributed by atoms with van der Waals surface area (Å²) in [6.07, 6.45) is -0.704. The van der Waals surface area contributed by atoms with Gasteiger partial charge in [-0.15, -0.1) is 0 Å². The fourth-order valence-corrected chi connectivity index (χ4v) is 1.35. The first-order valence-corrected chi connectivity index (χ1v) is 6.46. The molecule has 0 fully saturated rings. The predicted molar refractivity (Wildman–Crippen MR) is 79.7 cm³/mol. The molecule has 0 aliphatic heterocycles. The Morgan fingerprint density at radius 3 is 2.33 bits per heavy atom. The molecule has 2 N–H and O–H groups in total. The van der Waals surface area contributed by atoms with Gasteiger partial charge in [-0.1, -0.05) is 0 Å². The average Bonchev–Trinajstić information content (AvgIpc) is 2.35. The summed E-state index contributed by atoms with van der Waals surface area (Å²) in [6.45, 7) is 6.81. The molecule has 6 nitrogen and oxygen atoms in total. The third-order valence-corrected chi connectivity index (χ3v) is 2.31. The number of carboxylic acids is 1. The molecule has 0 unspecified atom stereocenters. The highest BCUT2D eigenvalue weighted by molar-refractivity contribution is 5.80. The Bertz CT molecular complexity index is 576.